The topological polar surface area (TPSA) is 61.4 Å². The first-order valence-electron chi connectivity index (χ1n) is 6.94. The Labute approximate surface area is 149 Å². The fourth-order valence-electron chi connectivity index (χ4n) is 2.48. The van der Waals surface area contributed by atoms with Crippen molar-refractivity contribution in [2.24, 2.45) is 7.05 Å². The first kappa shape index (κ1) is 15.4. The Balaban J connectivity index is 1.79. The summed E-state index contributed by atoms with van der Waals surface area (Å²) in [6, 6.07) is 6.88. The van der Waals surface area contributed by atoms with Crippen molar-refractivity contribution in [2.45, 2.75) is 6.61 Å². The van der Waals surface area contributed by atoms with E-state index in [0.29, 0.717) is 32.1 Å². The second kappa shape index (κ2) is 5.77. The lowest BCUT2D eigenvalue weighted by atomic mass is 10.3. The molecule has 122 valence electrons. The van der Waals surface area contributed by atoms with Crippen molar-refractivity contribution < 1.29 is 4.74 Å². The third-order valence-electron chi connectivity index (χ3n) is 3.65. The summed E-state index contributed by atoms with van der Waals surface area (Å²) in [5.74, 6) is 1.55. The molecule has 0 spiro atoms. The number of nitrogens with zero attached hydrogens (tertiary/aromatic N) is 4. The highest BCUT2D eigenvalue weighted by Crippen LogP contribution is 2.28. The van der Waals surface area contributed by atoms with Gasteiger partial charge in [0.2, 0.25) is 5.78 Å². The van der Waals surface area contributed by atoms with Gasteiger partial charge in [-0.05, 0) is 29.6 Å². The molecule has 4 aromatic rings. The predicted molar refractivity (Wildman–Crippen MR) is 94.4 cm³/mol. The van der Waals surface area contributed by atoms with Gasteiger partial charge in [0.1, 0.15) is 17.1 Å². The van der Waals surface area contributed by atoms with Crippen LogP contribution in [-0.2, 0) is 13.7 Å². The second-order valence-electron chi connectivity index (χ2n) is 5.11. The zero-order chi connectivity index (χ0) is 16.8. The van der Waals surface area contributed by atoms with Crippen LogP contribution in [-0.4, -0.2) is 19.2 Å². The van der Waals surface area contributed by atoms with Crippen molar-refractivity contribution in [2.75, 3.05) is 0 Å². The van der Waals surface area contributed by atoms with Crippen molar-refractivity contribution in [3.8, 4) is 5.75 Å². The molecule has 0 saturated carbocycles. The summed E-state index contributed by atoms with van der Waals surface area (Å²) in [4.78, 5) is 12.3. The molecule has 0 aliphatic rings. The average Bonchev–Trinajstić information content (AvgIpc) is 3.18. The van der Waals surface area contributed by atoms with Crippen molar-refractivity contribution in [3.05, 3.63) is 55.9 Å². The largest absolute Gasteiger partial charge is 0.484 e. The fraction of sp³-hybridized carbons (Fsp3) is 0.133. The Kier molecular flexibility index (Phi) is 3.71. The van der Waals surface area contributed by atoms with Gasteiger partial charge >= 0.3 is 0 Å². The van der Waals surface area contributed by atoms with E-state index in [1.54, 1.807) is 25.2 Å². The molecule has 0 bridgehead atoms. The molecule has 0 radical (unpaired) electrons. The molecule has 9 heteroatoms. The molecule has 0 N–H and O–H groups in total. The highest BCUT2D eigenvalue weighted by Gasteiger charge is 2.16. The van der Waals surface area contributed by atoms with E-state index in [9.17, 15) is 4.79 Å². The van der Waals surface area contributed by atoms with E-state index >= 15 is 0 Å². The molecule has 0 amide bonds. The molecule has 3 heterocycles. The maximum atomic E-state index is 12.3. The summed E-state index contributed by atoms with van der Waals surface area (Å²) in [5, 5.41) is 11.1. The number of thiophene rings is 1. The van der Waals surface area contributed by atoms with Crippen LogP contribution in [0.15, 0.2) is 34.4 Å². The number of rotatable bonds is 3. The average molecular weight is 381 g/mol. The first-order valence-corrected chi connectivity index (χ1v) is 8.58. The highest BCUT2D eigenvalue weighted by atomic mass is 35.5. The minimum absolute atomic E-state index is 0.0897. The van der Waals surface area contributed by atoms with Crippen LogP contribution < -0.4 is 10.3 Å². The SMILES string of the molecule is Cn1c(=O)c2sccc2n2c(COc3ccc(Cl)cc3Cl)nnc12. The van der Waals surface area contributed by atoms with E-state index in [0.717, 1.165) is 5.52 Å². The molecule has 0 saturated heterocycles. The molecule has 0 unspecified atom stereocenters. The highest BCUT2D eigenvalue weighted by molar-refractivity contribution is 7.17. The summed E-state index contributed by atoms with van der Waals surface area (Å²) in [7, 11) is 1.67. The van der Waals surface area contributed by atoms with Gasteiger partial charge in [0.25, 0.3) is 5.56 Å². The summed E-state index contributed by atoms with van der Waals surface area (Å²) in [6.07, 6.45) is 0. The zero-order valence-electron chi connectivity index (χ0n) is 12.4. The maximum Gasteiger partial charge on any atom is 0.272 e. The fourth-order valence-corrected chi connectivity index (χ4v) is 3.79. The van der Waals surface area contributed by atoms with E-state index in [2.05, 4.69) is 10.2 Å². The Bertz CT molecular complexity index is 1130. The van der Waals surface area contributed by atoms with E-state index in [-0.39, 0.29) is 12.2 Å². The molecule has 3 aromatic heterocycles. The number of fused-ring (bicyclic) bond motifs is 3. The maximum absolute atomic E-state index is 12.3. The lowest BCUT2D eigenvalue weighted by Crippen LogP contribution is -2.19. The molecular formula is C15H10Cl2N4O2S. The van der Waals surface area contributed by atoms with Gasteiger partial charge in [-0.15, -0.1) is 21.5 Å². The lowest BCUT2D eigenvalue weighted by Gasteiger charge is -2.08. The third-order valence-corrected chi connectivity index (χ3v) is 5.07. The molecule has 24 heavy (non-hydrogen) atoms. The van der Waals surface area contributed by atoms with Crippen LogP contribution in [0.5, 0.6) is 5.75 Å². The van der Waals surface area contributed by atoms with E-state index in [1.807, 2.05) is 15.8 Å². The Morgan fingerprint density at radius 2 is 2.08 bits per heavy atom. The van der Waals surface area contributed by atoms with Crippen LogP contribution in [0.4, 0.5) is 0 Å². The minimum Gasteiger partial charge on any atom is -0.484 e. The number of hydrogen-bond donors (Lipinski definition) is 0. The van der Waals surface area contributed by atoms with Crippen molar-refractivity contribution in [1.82, 2.24) is 19.2 Å². The Morgan fingerprint density at radius 3 is 2.88 bits per heavy atom. The van der Waals surface area contributed by atoms with Crippen LogP contribution in [0.1, 0.15) is 5.82 Å². The summed E-state index contributed by atoms with van der Waals surface area (Å²) >= 11 is 13.4. The Hall–Kier alpha value is -2.09. The second-order valence-corrected chi connectivity index (χ2v) is 6.87. The molecular weight excluding hydrogens is 371 g/mol. The smallest absolute Gasteiger partial charge is 0.272 e. The third kappa shape index (κ3) is 2.36. The lowest BCUT2D eigenvalue weighted by molar-refractivity contribution is 0.295. The molecule has 4 rings (SSSR count). The van der Waals surface area contributed by atoms with E-state index < -0.39 is 0 Å². The van der Waals surface area contributed by atoms with Crippen LogP contribution >= 0.6 is 34.5 Å². The van der Waals surface area contributed by atoms with Crippen LogP contribution in [0.2, 0.25) is 10.0 Å². The van der Waals surface area contributed by atoms with Gasteiger partial charge < -0.3 is 4.74 Å². The summed E-state index contributed by atoms with van der Waals surface area (Å²) < 4.78 is 9.68. The number of aryl methyl sites for hydroxylation is 1. The number of hydrogen-bond acceptors (Lipinski definition) is 5. The van der Waals surface area contributed by atoms with Gasteiger partial charge in [0, 0.05) is 12.1 Å². The predicted octanol–water partition coefficient (Wildman–Crippen LogP) is 3.53. The van der Waals surface area contributed by atoms with Crippen LogP contribution in [0, 0.1) is 0 Å². The van der Waals surface area contributed by atoms with Gasteiger partial charge in [0.05, 0.1) is 10.5 Å². The standard InChI is InChI=1S/C15H10Cl2N4O2S/c1-20-14(22)13-10(4-5-24-13)21-12(18-19-15(20)21)7-23-11-3-2-8(16)6-9(11)17/h2-6H,7H2,1H3. The number of ether oxygens (including phenoxy) is 1. The van der Waals surface area contributed by atoms with Crippen molar-refractivity contribution in [1.29, 1.82) is 0 Å². The van der Waals surface area contributed by atoms with Gasteiger partial charge in [-0.2, -0.15) is 0 Å². The van der Waals surface area contributed by atoms with Crippen LogP contribution in [0.3, 0.4) is 0 Å². The molecule has 0 atom stereocenters. The molecule has 1 aromatic carbocycles. The monoisotopic (exact) mass is 380 g/mol. The van der Waals surface area contributed by atoms with Gasteiger partial charge in [-0.1, -0.05) is 23.2 Å². The number of aromatic nitrogens is 4. The molecule has 0 aliphatic carbocycles. The van der Waals surface area contributed by atoms with Crippen LogP contribution in [0.25, 0.3) is 16.0 Å². The minimum atomic E-state index is -0.0897. The van der Waals surface area contributed by atoms with Crippen molar-refractivity contribution >= 4 is 50.5 Å². The first-order chi connectivity index (χ1) is 11.6. The van der Waals surface area contributed by atoms with E-state index in [4.69, 9.17) is 27.9 Å². The van der Waals surface area contributed by atoms with Crippen molar-refractivity contribution in [3.63, 3.8) is 0 Å². The van der Waals surface area contributed by atoms with Gasteiger partial charge in [-0.25, -0.2) is 0 Å². The summed E-state index contributed by atoms with van der Waals surface area (Å²) in [6.45, 7) is 0.158. The molecule has 6 nitrogen and oxygen atoms in total. The normalized spacial score (nSPS) is 11.5. The molecule has 0 fully saturated rings. The zero-order valence-corrected chi connectivity index (χ0v) is 14.7. The Morgan fingerprint density at radius 1 is 1.25 bits per heavy atom. The van der Waals surface area contributed by atoms with Gasteiger partial charge in [-0.3, -0.25) is 13.8 Å². The number of halogens is 2. The number of benzene rings is 1. The quantitative estimate of drug-likeness (QED) is 0.545. The van der Waals surface area contributed by atoms with Gasteiger partial charge in [0.15, 0.2) is 5.82 Å². The van der Waals surface area contributed by atoms with E-state index in [1.165, 1.54) is 15.9 Å². The molecule has 0 aliphatic heterocycles. The summed E-state index contributed by atoms with van der Waals surface area (Å²) in [5.41, 5.74) is 0.678.